The summed E-state index contributed by atoms with van der Waals surface area (Å²) in [7, 11) is -1.37. The molecule has 3 N–H and O–H groups in total. The third kappa shape index (κ3) is 5.77. The van der Waals surface area contributed by atoms with E-state index in [1.165, 1.54) is 36.2 Å². The molecule has 0 aliphatic carbocycles. The molecule has 3 aliphatic rings. The van der Waals surface area contributed by atoms with Gasteiger partial charge in [0.15, 0.2) is 5.71 Å². The average Bonchev–Trinajstić information content (AvgIpc) is 3.45. The van der Waals surface area contributed by atoms with Gasteiger partial charge in [0.1, 0.15) is 9.81 Å². The predicted octanol–water partition coefficient (Wildman–Crippen LogP) is 2.22. The Balaban J connectivity index is 0.000000254. The molecule has 9 nitrogen and oxygen atoms in total. The van der Waals surface area contributed by atoms with E-state index in [2.05, 4.69) is 17.1 Å². The van der Waals surface area contributed by atoms with Gasteiger partial charge in [-0.2, -0.15) is 4.31 Å². The van der Waals surface area contributed by atoms with E-state index >= 15 is 0 Å². The second-order valence-corrected chi connectivity index (χ2v) is 12.0. The number of nitrogens with two attached hydrogens (primary N) is 1. The molecular weight excluding hydrogens is 464 g/mol. The number of halogens is 1. The summed E-state index contributed by atoms with van der Waals surface area (Å²) >= 11 is 6.81. The van der Waals surface area contributed by atoms with E-state index in [1.54, 1.807) is 6.07 Å². The molecule has 3 aliphatic heterocycles. The van der Waals surface area contributed by atoms with Gasteiger partial charge < -0.3 is 20.6 Å². The van der Waals surface area contributed by atoms with Gasteiger partial charge in [0, 0.05) is 38.4 Å². The number of rotatable bonds is 5. The number of carbonyl (C=O) groups is 1. The summed E-state index contributed by atoms with van der Waals surface area (Å²) in [6.45, 7) is 2.64. The number of hydrogen-bond donors (Lipinski definition) is 2. The van der Waals surface area contributed by atoms with Crippen molar-refractivity contribution in [1.82, 2.24) is 9.21 Å². The number of oxime groups is 1. The van der Waals surface area contributed by atoms with Crippen molar-refractivity contribution >= 4 is 44.6 Å². The summed E-state index contributed by atoms with van der Waals surface area (Å²) in [6.07, 6.45) is 4.92. The number of hydrogen-bond acceptors (Lipinski definition) is 8. The summed E-state index contributed by atoms with van der Waals surface area (Å²) in [4.78, 5) is 18.6. The van der Waals surface area contributed by atoms with Gasteiger partial charge in [0.2, 0.25) is 0 Å². The zero-order valence-corrected chi connectivity index (χ0v) is 19.9. The van der Waals surface area contributed by atoms with Crippen molar-refractivity contribution in [1.29, 1.82) is 0 Å². The molecule has 1 spiro atoms. The first-order valence-corrected chi connectivity index (χ1v) is 12.9. The van der Waals surface area contributed by atoms with Crippen molar-refractivity contribution in [3.05, 3.63) is 16.5 Å². The highest BCUT2D eigenvalue weighted by Crippen LogP contribution is 2.37. The molecule has 1 aromatic rings. The molecule has 2 fully saturated rings. The Labute approximate surface area is 191 Å². The Kier molecular flexibility index (Phi) is 7.98. The molecule has 2 saturated heterocycles. The van der Waals surface area contributed by atoms with Gasteiger partial charge in [-0.1, -0.05) is 16.8 Å². The molecule has 31 heavy (non-hydrogen) atoms. The molecule has 1 unspecified atom stereocenters. The third-order valence-electron chi connectivity index (χ3n) is 6.03. The summed E-state index contributed by atoms with van der Waals surface area (Å²) in [5.41, 5.74) is 4.74. The van der Waals surface area contributed by atoms with Crippen molar-refractivity contribution in [2.75, 3.05) is 33.2 Å². The molecule has 174 valence electrons. The largest absolute Gasteiger partial charge is 0.477 e. The number of likely N-dealkylation sites (tertiary alicyclic amines) is 1. The number of carboxylic acids is 1. The van der Waals surface area contributed by atoms with Crippen molar-refractivity contribution in [3.8, 4) is 0 Å². The molecule has 0 radical (unpaired) electrons. The molecule has 0 aromatic carbocycles. The second-order valence-electron chi connectivity index (χ2n) is 8.11. The highest BCUT2D eigenvalue weighted by atomic mass is 35.5. The highest BCUT2D eigenvalue weighted by molar-refractivity contribution is 7.91. The number of piperidine rings is 1. The lowest BCUT2D eigenvalue weighted by Gasteiger charge is -2.36. The molecule has 0 bridgehead atoms. The Hall–Kier alpha value is -1.24. The molecule has 1 aromatic heterocycles. The molecule has 4 heterocycles. The molecule has 12 heteroatoms. The lowest BCUT2D eigenvalue weighted by Crippen LogP contribution is -2.46. The first-order chi connectivity index (χ1) is 14.7. The maximum atomic E-state index is 12.5. The van der Waals surface area contributed by atoms with E-state index in [0.29, 0.717) is 17.2 Å². The number of thiophene rings is 1. The SMILES string of the molecule is CN1CCCC1CCN.O=C(O)C1=NOC2(CCN(S(=O)(=O)c3ccc(Cl)s3)CC2)C1. The first kappa shape index (κ1) is 24.4. The van der Waals surface area contributed by atoms with Crippen LogP contribution in [0, 0.1) is 0 Å². The minimum Gasteiger partial charge on any atom is -0.477 e. The van der Waals surface area contributed by atoms with Crippen LogP contribution in [-0.4, -0.2) is 79.3 Å². The number of aliphatic carboxylic acids is 1. The fraction of sp³-hybridized carbons (Fsp3) is 0.684. The first-order valence-electron chi connectivity index (χ1n) is 10.3. The van der Waals surface area contributed by atoms with Crippen molar-refractivity contribution in [2.45, 2.75) is 54.4 Å². The number of carboxylic acid groups (broad SMARTS) is 1. The molecule has 1 atom stereocenters. The standard InChI is InChI=1S/C12H13ClN2O5S2.C7H16N2/c13-9-1-2-10(21-9)22(18,19)15-5-3-12(4-6-15)7-8(11(16)17)14-20-12;1-9-6-2-3-7(9)4-5-8/h1-2H,3-7H2,(H,16,17);7H,2-6,8H2,1H3. The van der Waals surface area contributed by atoms with Crippen LogP contribution in [0.4, 0.5) is 0 Å². The summed E-state index contributed by atoms with van der Waals surface area (Å²) in [6, 6.07) is 3.83. The topological polar surface area (TPSA) is 126 Å². The van der Waals surface area contributed by atoms with Crippen molar-refractivity contribution in [3.63, 3.8) is 0 Å². The van der Waals surface area contributed by atoms with Gasteiger partial charge >= 0.3 is 5.97 Å². The van der Waals surface area contributed by atoms with Crippen LogP contribution in [0.3, 0.4) is 0 Å². The predicted molar refractivity (Wildman–Crippen MR) is 120 cm³/mol. The minimum atomic E-state index is -3.56. The van der Waals surface area contributed by atoms with E-state index in [1.807, 2.05) is 0 Å². The maximum absolute atomic E-state index is 12.5. The van der Waals surface area contributed by atoms with E-state index < -0.39 is 21.6 Å². The van der Waals surface area contributed by atoms with Crippen molar-refractivity contribution in [2.24, 2.45) is 10.9 Å². The Morgan fingerprint density at radius 2 is 2.10 bits per heavy atom. The summed E-state index contributed by atoms with van der Waals surface area (Å²) in [5.74, 6) is -1.10. The molecule has 4 rings (SSSR count). The quantitative estimate of drug-likeness (QED) is 0.645. The average molecular weight is 493 g/mol. The smallest absolute Gasteiger partial charge is 0.353 e. The van der Waals surface area contributed by atoms with Gasteiger partial charge in [-0.3, -0.25) is 0 Å². The second kappa shape index (κ2) is 10.1. The van der Waals surface area contributed by atoms with Gasteiger partial charge in [0.25, 0.3) is 10.0 Å². The minimum absolute atomic E-state index is 0.0126. The van der Waals surface area contributed by atoms with Crippen LogP contribution in [0.5, 0.6) is 0 Å². The number of sulfonamides is 1. The van der Waals surface area contributed by atoms with E-state index in [0.717, 1.165) is 23.9 Å². The van der Waals surface area contributed by atoms with E-state index in [-0.39, 0.29) is 29.4 Å². The van der Waals surface area contributed by atoms with E-state index in [9.17, 15) is 13.2 Å². The highest BCUT2D eigenvalue weighted by Gasteiger charge is 2.46. The Bertz CT molecular complexity index is 912. The van der Waals surface area contributed by atoms with Gasteiger partial charge in [-0.15, -0.1) is 11.3 Å². The molecule has 0 saturated carbocycles. The zero-order chi connectivity index (χ0) is 22.6. The van der Waals surface area contributed by atoms with Crippen LogP contribution >= 0.6 is 22.9 Å². The zero-order valence-electron chi connectivity index (χ0n) is 17.5. The number of nitrogens with zero attached hydrogens (tertiary/aromatic N) is 3. The summed E-state index contributed by atoms with van der Waals surface area (Å²) in [5, 5.41) is 12.5. The van der Waals surface area contributed by atoms with Gasteiger partial charge in [0.05, 0.1) is 4.34 Å². The van der Waals surface area contributed by atoms with Gasteiger partial charge in [-0.05, 0) is 51.5 Å². The molecular formula is C19H29ClN4O5S2. The van der Waals surface area contributed by atoms with Gasteiger partial charge in [-0.25, -0.2) is 13.2 Å². The van der Waals surface area contributed by atoms with Crippen molar-refractivity contribution < 1.29 is 23.2 Å². The van der Waals surface area contributed by atoms with Crippen LogP contribution in [0.25, 0.3) is 0 Å². The monoisotopic (exact) mass is 492 g/mol. The Morgan fingerprint density at radius 1 is 1.39 bits per heavy atom. The van der Waals surface area contributed by atoms with E-state index in [4.69, 9.17) is 27.3 Å². The lowest BCUT2D eigenvalue weighted by molar-refractivity contribution is -0.129. The Morgan fingerprint density at radius 3 is 2.58 bits per heavy atom. The normalized spacial score (nSPS) is 23.8. The van der Waals surface area contributed by atoms with Crippen LogP contribution in [0.2, 0.25) is 4.34 Å². The van der Waals surface area contributed by atoms with Crippen LogP contribution in [-0.2, 0) is 19.7 Å². The summed E-state index contributed by atoms with van der Waals surface area (Å²) < 4.78 is 27.0. The molecule has 0 amide bonds. The fourth-order valence-corrected chi connectivity index (χ4v) is 7.22. The fourth-order valence-electron chi connectivity index (χ4n) is 4.14. The van der Waals surface area contributed by atoms with Crippen LogP contribution in [0.15, 0.2) is 21.5 Å². The van der Waals surface area contributed by atoms with Crippen LogP contribution in [0.1, 0.15) is 38.5 Å². The third-order valence-corrected chi connectivity index (χ3v) is 9.63. The van der Waals surface area contributed by atoms with Crippen LogP contribution < -0.4 is 5.73 Å². The lowest BCUT2D eigenvalue weighted by atomic mass is 9.88. The maximum Gasteiger partial charge on any atom is 0.353 e.